The molecule has 10 nitrogen and oxygen atoms in total. The van der Waals surface area contributed by atoms with Crippen LogP contribution in [-0.4, -0.2) is 69.6 Å². The molecule has 0 spiro atoms. The molecule has 1 aliphatic rings. The topological polar surface area (TPSA) is 98.3 Å². The Morgan fingerprint density at radius 3 is 1.56 bits per heavy atom. The highest BCUT2D eigenvalue weighted by Crippen LogP contribution is 2.29. The summed E-state index contributed by atoms with van der Waals surface area (Å²) in [7, 11) is 0. The van der Waals surface area contributed by atoms with Crippen molar-refractivity contribution in [3.8, 4) is 34.0 Å². The van der Waals surface area contributed by atoms with Crippen molar-refractivity contribution in [3.63, 3.8) is 0 Å². The fraction of sp³-hybridized carbons (Fsp3) is 0.333. The first-order valence-electron chi connectivity index (χ1n) is 11.3. The average molecular weight is 463 g/mol. The Hall–Kier alpha value is -3.60. The molecule has 0 N–H and O–H groups in total. The largest absolute Gasteiger partial charge is 0.457 e. The van der Waals surface area contributed by atoms with E-state index in [0.29, 0.717) is 64.2 Å². The molecule has 10 heteroatoms. The first kappa shape index (κ1) is 22.2. The summed E-state index contributed by atoms with van der Waals surface area (Å²) in [5, 5.41) is 17.0. The molecule has 0 saturated heterocycles. The Bertz CT molecular complexity index is 1120. The molecule has 0 aliphatic carbocycles. The molecule has 5 rings (SSSR count). The zero-order chi connectivity index (χ0) is 23.0. The van der Waals surface area contributed by atoms with Crippen LogP contribution in [0.15, 0.2) is 60.9 Å². The predicted molar refractivity (Wildman–Crippen MR) is 123 cm³/mol. The Labute approximate surface area is 197 Å². The molecule has 0 radical (unpaired) electrons. The van der Waals surface area contributed by atoms with Gasteiger partial charge in [-0.05, 0) is 24.3 Å². The molecular formula is C24H26N6O4. The van der Waals surface area contributed by atoms with E-state index in [1.807, 2.05) is 60.9 Å². The van der Waals surface area contributed by atoms with Crippen molar-refractivity contribution in [2.24, 2.45) is 0 Å². The van der Waals surface area contributed by atoms with Crippen LogP contribution < -0.4 is 4.74 Å². The zero-order valence-electron chi connectivity index (χ0n) is 18.7. The second-order valence-electron chi connectivity index (χ2n) is 7.73. The summed E-state index contributed by atoms with van der Waals surface area (Å²) in [6.45, 7) is 4.35. The van der Waals surface area contributed by atoms with Crippen LogP contribution in [0.5, 0.6) is 11.5 Å². The molecule has 0 saturated carbocycles. The number of benzene rings is 2. The highest BCUT2D eigenvalue weighted by molar-refractivity contribution is 5.62. The standard InChI is InChI=1S/C24H26N6O4/c1-3-19-15-21(5-1)34-22-6-2-4-20(16-22)24-18-30(28-26-24)8-10-32-12-14-33-13-11-31-9-7-29-17-23(19)25-27-29/h1-6,15-18H,7-14H2. The maximum Gasteiger partial charge on any atom is 0.128 e. The summed E-state index contributed by atoms with van der Waals surface area (Å²) in [6.07, 6.45) is 3.80. The number of fused-ring (bicyclic) bond motifs is 10. The van der Waals surface area contributed by atoms with Crippen molar-refractivity contribution >= 4 is 0 Å². The monoisotopic (exact) mass is 462 g/mol. The van der Waals surface area contributed by atoms with Crippen LogP contribution in [-0.2, 0) is 27.3 Å². The third-order valence-corrected chi connectivity index (χ3v) is 5.25. The Morgan fingerprint density at radius 2 is 1.06 bits per heavy atom. The van der Waals surface area contributed by atoms with E-state index >= 15 is 0 Å². The van der Waals surface area contributed by atoms with Gasteiger partial charge in [0.15, 0.2) is 0 Å². The van der Waals surface area contributed by atoms with Gasteiger partial charge in [-0.3, -0.25) is 0 Å². The molecule has 2 aromatic heterocycles. The van der Waals surface area contributed by atoms with Crippen molar-refractivity contribution in [3.05, 3.63) is 60.9 Å². The predicted octanol–water partition coefficient (Wildman–Crippen LogP) is 3.06. The summed E-state index contributed by atoms with van der Waals surface area (Å²) < 4.78 is 26.5. The van der Waals surface area contributed by atoms with Crippen LogP contribution in [0.25, 0.3) is 22.5 Å². The Kier molecular flexibility index (Phi) is 7.19. The van der Waals surface area contributed by atoms with Gasteiger partial charge in [0.05, 0.1) is 65.1 Å². The summed E-state index contributed by atoms with van der Waals surface area (Å²) in [6, 6.07) is 15.6. The fourth-order valence-electron chi connectivity index (χ4n) is 3.51. The second-order valence-corrected chi connectivity index (χ2v) is 7.73. The third-order valence-electron chi connectivity index (χ3n) is 5.25. The van der Waals surface area contributed by atoms with Crippen LogP contribution in [0.2, 0.25) is 0 Å². The number of ether oxygens (including phenoxy) is 4. The van der Waals surface area contributed by atoms with Gasteiger partial charge in [-0.2, -0.15) is 0 Å². The lowest BCUT2D eigenvalue weighted by Gasteiger charge is -2.08. The molecule has 8 bridgehead atoms. The van der Waals surface area contributed by atoms with Crippen LogP contribution >= 0.6 is 0 Å². The van der Waals surface area contributed by atoms with Crippen molar-refractivity contribution in [1.82, 2.24) is 30.0 Å². The first-order valence-corrected chi connectivity index (χ1v) is 11.3. The lowest BCUT2D eigenvalue weighted by molar-refractivity contribution is 0.0110. The van der Waals surface area contributed by atoms with Crippen molar-refractivity contribution < 1.29 is 18.9 Å². The van der Waals surface area contributed by atoms with Gasteiger partial charge < -0.3 is 18.9 Å². The van der Waals surface area contributed by atoms with E-state index in [1.54, 1.807) is 9.36 Å². The summed E-state index contributed by atoms with van der Waals surface area (Å²) in [4.78, 5) is 0. The molecule has 34 heavy (non-hydrogen) atoms. The lowest BCUT2D eigenvalue weighted by Crippen LogP contribution is -2.13. The Morgan fingerprint density at radius 1 is 0.588 bits per heavy atom. The molecule has 0 amide bonds. The Balaban J connectivity index is 1.36. The molecule has 4 aromatic rings. The number of hydrogen-bond acceptors (Lipinski definition) is 8. The molecule has 0 fully saturated rings. The van der Waals surface area contributed by atoms with Crippen molar-refractivity contribution in [2.75, 3.05) is 39.6 Å². The van der Waals surface area contributed by atoms with Gasteiger partial charge in [-0.25, -0.2) is 9.36 Å². The van der Waals surface area contributed by atoms with E-state index < -0.39 is 0 Å². The molecule has 0 unspecified atom stereocenters. The number of aromatic nitrogens is 6. The SMILES string of the molecule is c1cc2cc(c1)-c1cn(nn1)CCOCCOCCOCCn1cc(nn1)-c1cccc(c1)O2. The minimum absolute atomic E-state index is 0.517. The van der Waals surface area contributed by atoms with Crippen LogP contribution in [0.3, 0.4) is 0 Å². The highest BCUT2D eigenvalue weighted by Gasteiger charge is 2.09. The smallest absolute Gasteiger partial charge is 0.128 e. The molecule has 3 heterocycles. The van der Waals surface area contributed by atoms with Gasteiger partial charge in [-0.15, -0.1) is 10.2 Å². The van der Waals surface area contributed by atoms with Crippen molar-refractivity contribution in [2.45, 2.75) is 13.1 Å². The van der Waals surface area contributed by atoms with Gasteiger partial charge in [-0.1, -0.05) is 34.7 Å². The van der Waals surface area contributed by atoms with Gasteiger partial charge >= 0.3 is 0 Å². The number of nitrogens with zero attached hydrogens (tertiary/aromatic N) is 6. The minimum atomic E-state index is 0.517. The van der Waals surface area contributed by atoms with E-state index in [0.717, 1.165) is 22.5 Å². The second kappa shape index (κ2) is 11.0. The maximum atomic E-state index is 6.13. The van der Waals surface area contributed by atoms with Gasteiger partial charge in [0, 0.05) is 11.1 Å². The summed E-state index contributed by atoms with van der Waals surface area (Å²) in [5.41, 5.74) is 3.39. The van der Waals surface area contributed by atoms with Crippen LogP contribution in [0.4, 0.5) is 0 Å². The number of hydrogen-bond donors (Lipinski definition) is 0. The van der Waals surface area contributed by atoms with E-state index in [1.165, 1.54) is 0 Å². The van der Waals surface area contributed by atoms with Gasteiger partial charge in [0.25, 0.3) is 0 Å². The summed E-state index contributed by atoms with van der Waals surface area (Å²) >= 11 is 0. The fourth-order valence-corrected chi connectivity index (χ4v) is 3.51. The normalized spacial score (nSPS) is 15.8. The van der Waals surface area contributed by atoms with E-state index in [-0.39, 0.29) is 0 Å². The van der Waals surface area contributed by atoms with Crippen molar-refractivity contribution in [1.29, 1.82) is 0 Å². The van der Waals surface area contributed by atoms with Gasteiger partial charge in [0.2, 0.25) is 0 Å². The maximum absolute atomic E-state index is 6.13. The van der Waals surface area contributed by atoms with E-state index in [4.69, 9.17) is 18.9 Å². The minimum Gasteiger partial charge on any atom is -0.457 e. The van der Waals surface area contributed by atoms with Gasteiger partial charge in [0.1, 0.15) is 22.9 Å². The van der Waals surface area contributed by atoms with Crippen LogP contribution in [0.1, 0.15) is 0 Å². The summed E-state index contributed by atoms with van der Waals surface area (Å²) in [5.74, 6) is 1.42. The number of rotatable bonds is 0. The van der Waals surface area contributed by atoms with E-state index in [2.05, 4.69) is 20.6 Å². The third kappa shape index (κ3) is 5.84. The van der Waals surface area contributed by atoms with Crippen LogP contribution in [0, 0.1) is 0 Å². The zero-order valence-corrected chi connectivity index (χ0v) is 18.7. The lowest BCUT2D eigenvalue weighted by atomic mass is 10.1. The molecule has 0 atom stereocenters. The van der Waals surface area contributed by atoms with E-state index in [9.17, 15) is 0 Å². The quantitative estimate of drug-likeness (QED) is 0.393. The molecule has 1 aliphatic heterocycles. The molecule has 176 valence electrons. The molecule has 2 aromatic carbocycles. The highest BCUT2D eigenvalue weighted by atomic mass is 16.5. The average Bonchev–Trinajstić information content (AvgIpc) is 3.53. The molecular weight excluding hydrogens is 436 g/mol. The first-order chi connectivity index (χ1) is 16.8.